The van der Waals surface area contributed by atoms with Crippen LogP contribution in [0.25, 0.3) is 0 Å². The summed E-state index contributed by atoms with van der Waals surface area (Å²) < 4.78 is 20.6. The van der Waals surface area contributed by atoms with E-state index in [1.807, 2.05) is 0 Å². The molecule has 0 aromatic rings. The van der Waals surface area contributed by atoms with Crippen molar-refractivity contribution in [3.63, 3.8) is 0 Å². The van der Waals surface area contributed by atoms with Crippen LogP contribution in [0.15, 0.2) is 0 Å². The molecule has 10 heavy (non-hydrogen) atoms. The fourth-order valence-electron chi connectivity index (χ4n) is 0.647. The maximum Gasteiger partial charge on any atom is 0.396 e. The molecule has 1 heterocycles. The molecule has 1 aliphatic heterocycles. The van der Waals surface area contributed by atoms with Crippen molar-refractivity contribution >= 4 is 13.1 Å². The van der Waals surface area contributed by atoms with Crippen molar-refractivity contribution in [3.8, 4) is 0 Å². The largest absolute Gasteiger partial charge is 0.396 e. The highest BCUT2D eigenvalue weighted by Gasteiger charge is 2.33. The maximum absolute atomic E-state index is 11.1. The minimum Gasteiger partial charge on any atom is -0.303 e. The van der Waals surface area contributed by atoms with Gasteiger partial charge in [-0.05, 0) is 6.42 Å². The van der Waals surface area contributed by atoms with E-state index in [1.54, 1.807) is 0 Å². The fourth-order valence-corrected chi connectivity index (χ4v) is 1.82. The lowest BCUT2D eigenvalue weighted by Gasteiger charge is -2.19. The Balaban J connectivity index is 2.66. The van der Waals surface area contributed by atoms with Crippen LogP contribution in [0.3, 0.4) is 0 Å². The molecule has 0 N–H and O–H groups in total. The number of carbonyl (C=O) groups is 1. The summed E-state index contributed by atoms with van der Waals surface area (Å²) in [7, 11) is -3.32. The highest BCUT2D eigenvalue weighted by Crippen LogP contribution is 2.50. The van der Waals surface area contributed by atoms with Gasteiger partial charge in [-0.15, -0.1) is 0 Å². The van der Waals surface area contributed by atoms with E-state index in [1.165, 1.54) is 6.92 Å². The van der Waals surface area contributed by atoms with E-state index in [4.69, 9.17) is 9.05 Å². The first kappa shape index (κ1) is 7.92. The average Bonchev–Trinajstić information content (AvgIpc) is 1.89. The first-order valence-corrected chi connectivity index (χ1v) is 4.60. The number of hydrogen-bond acceptors (Lipinski definition) is 4. The zero-order chi connectivity index (χ0) is 7.61. The van der Waals surface area contributed by atoms with Gasteiger partial charge in [0, 0.05) is 6.92 Å². The number of carbonyl (C=O) groups excluding carboxylic acids is 1. The Morgan fingerprint density at radius 3 is 2.20 bits per heavy atom. The molecule has 0 spiro atoms. The molecule has 58 valence electrons. The zero-order valence-corrected chi connectivity index (χ0v) is 6.60. The minimum absolute atomic E-state index is 0.358. The van der Waals surface area contributed by atoms with Gasteiger partial charge in [-0.2, -0.15) is 0 Å². The Kier molecular flexibility index (Phi) is 2.24. The lowest BCUT2D eigenvalue weighted by atomic mass is 10.5. The molecule has 0 amide bonds. The van der Waals surface area contributed by atoms with Crippen LogP contribution in [0.5, 0.6) is 0 Å². The van der Waals surface area contributed by atoms with Crippen molar-refractivity contribution < 1.29 is 18.4 Å². The van der Waals surface area contributed by atoms with Gasteiger partial charge >= 0.3 is 7.60 Å². The van der Waals surface area contributed by atoms with Crippen LogP contribution in [0.1, 0.15) is 13.3 Å². The molecular formula is C5H9O4P. The standard InChI is InChI=1S/C5H9O4P/c1-5(6)10(7)8-3-2-4-9-10/h2-4H2,1H3. The van der Waals surface area contributed by atoms with Crippen LogP contribution in [0.2, 0.25) is 0 Å². The quantitative estimate of drug-likeness (QED) is 0.545. The molecule has 0 unspecified atom stereocenters. The Morgan fingerprint density at radius 2 is 1.90 bits per heavy atom. The predicted molar refractivity (Wildman–Crippen MR) is 34.8 cm³/mol. The third-order valence-corrected chi connectivity index (χ3v) is 3.01. The highest BCUT2D eigenvalue weighted by molar-refractivity contribution is 7.71. The van der Waals surface area contributed by atoms with Gasteiger partial charge in [0.15, 0.2) is 0 Å². The van der Waals surface area contributed by atoms with Crippen molar-refractivity contribution in [2.75, 3.05) is 13.2 Å². The van der Waals surface area contributed by atoms with Gasteiger partial charge in [0.1, 0.15) is 0 Å². The predicted octanol–water partition coefficient (Wildman–Crippen LogP) is 1.16. The van der Waals surface area contributed by atoms with Crippen molar-refractivity contribution in [2.24, 2.45) is 0 Å². The van der Waals surface area contributed by atoms with E-state index < -0.39 is 13.1 Å². The molecule has 1 aliphatic rings. The van der Waals surface area contributed by atoms with Crippen LogP contribution in [0.4, 0.5) is 0 Å². The lowest BCUT2D eigenvalue weighted by Crippen LogP contribution is -2.12. The second-order valence-corrected chi connectivity index (χ2v) is 4.18. The number of rotatable bonds is 1. The molecule has 0 bridgehead atoms. The van der Waals surface area contributed by atoms with E-state index in [2.05, 4.69) is 0 Å². The monoisotopic (exact) mass is 164 g/mol. The third kappa shape index (κ3) is 1.45. The average molecular weight is 164 g/mol. The molecule has 0 radical (unpaired) electrons. The van der Waals surface area contributed by atoms with Gasteiger partial charge < -0.3 is 9.05 Å². The van der Waals surface area contributed by atoms with Gasteiger partial charge in [0.05, 0.1) is 13.2 Å². The molecule has 0 aliphatic carbocycles. The van der Waals surface area contributed by atoms with Crippen molar-refractivity contribution in [1.29, 1.82) is 0 Å². The first-order valence-electron chi connectivity index (χ1n) is 3.05. The molecular weight excluding hydrogens is 155 g/mol. The Bertz CT molecular complexity index is 178. The van der Waals surface area contributed by atoms with E-state index in [0.717, 1.165) is 0 Å². The molecule has 1 fully saturated rings. The molecule has 1 saturated heterocycles. The smallest absolute Gasteiger partial charge is 0.303 e. The molecule has 0 saturated carbocycles. The fraction of sp³-hybridized carbons (Fsp3) is 0.800. The Hall–Kier alpha value is -0.180. The second-order valence-electron chi connectivity index (χ2n) is 2.04. The van der Waals surface area contributed by atoms with Crippen molar-refractivity contribution in [2.45, 2.75) is 13.3 Å². The molecule has 0 aromatic carbocycles. The molecule has 5 heteroatoms. The summed E-state index contributed by atoms with van der Waals surface area (Å²) in [5.41, 5.74) is -0.507. The van der Waals surface area contributed by atoms with Gasteiger partial charge in [0.2, 0.25) is 5.52 Å². The van der Waals surface area contributed by atoms with Crippen LogP contribution in [-0.2, 0) is 18.4 Å². The van der Waals surface area contributed by atoms with E-state index in [9.17, 15) is 9.36 Å². The van der Waals surface area contributed by atoms with Crippen LogP contribution >= 0.6 is 7.60 Å². The summed E-state index contributed by atoms with van der Waals surface area (Å²) in [5.74, 6) is 0. The molecule has 0 aromatic heterocycles. The summed E-state index contributed by atoms with van der Waals surface area (Å²) in [6, 6.07) is 0. The minimum atomic E-state index is -3.32. The molecule has 1 rings (SSSR count). The van der Waals surface area contributed by atoms with E-state index in [-0.39, 0.29) is 0 Å². The summed E-state index contributed by atoms with van der Waals surface area (Å²) >= 11 is 0. The summed E-state index contributed by atoms with van der Waals surface area (Å²) in [6.07, 6.45) is 0.706. The summed E-state index contributed by atoms with van der Waals surface area (Å²) in [5, 5.41) is 0. The van der Waals surface area contributed by atoms with Gasteiger partial charge in [-0.1, -0.05) is 0 Å². The summed E-state index contributed by atoms with van der Waals surface area (Å²) in [4.78, 5) is 10.6. The molecule has 0 atom stereocenters. The normalized spacial score (nSPS) is 24.1. The number of hydrogen-bond donors (Lipinski definition) is 0. The van der Waals surface area contributed by atoms with Crippen LogP contribution < -0.4 is 0 Å². The SMILES string of the molecule is CC(=O)P1(=O)OCCCO1. The maximum atomic E-state index is 11.1. The van der Waals surface area contributed by atoms with E-state index >= 15 is 0 Å². The Labute approximate surface area is 59.0 Å². The Morgan fingerprint density at radius 1 is 1.40 bits per heavy atom. The van der Waals surface area contributed by atoms with Crippen molar-refractivity contribution in [3.05, 3.63) is 0 Å². The van der Waals surface area contributed by atoms with Crippen molar-refractivity contribution in [1.82, 2.24) is 0 Å². The zero-order valence-electron chi connectivity index (χ0n) is 5.70. The van der Waals surface area contributed by atoms with Crippen LogP contribution in [-0.4, -0.2) is 18.7 Å². The van der Waals surface area contributed by atoms with E-state index in [0.29, 0.717) is 19.6 Å². The van der Waals surface area contributed by atoms with Gasteiger partial charge in [-0.3, -0.25) is 9.36 Å². The summed E-state index contributed by atoms with van der Waals surface area (Å²) in [6.45, 7) is 1.93. The van der Waals surface area contributed by atoms with Gasteiger partial charge in [0.25, 0.3) is 0 Å². The third-order valence-electron chi connectivity index (χ3n) is 1.20. The van der Waals surface area contributed by atoms with Gasteiger partial charge in [-0.25, -0.2) is 0 Å². The lowest BCUT2D eigenvalue weighted by molar-refractivity contribution is -0.112. The van der Waals surface area contributed by atoms with Crippen LogP contribution in [0, 0.1) is 0 Å². The first-order chi connectivity index (χ1) is 4.65. The second kappa shape index (κ2) is 2.82. The highest BCUT2D eigenvalue weighted by atomic mass is 31.2. The topological polar surface area (TPSA) is 52.6 Å². The molecule has 4 nitrogen and oxygen atoms in total.